The molecule has 94 valence electrons. The van der Waals surface area contributed by atoms with Crippen LogP contribution in [0.1, 0.15) is 13.8 Å². The number of hydrogen-bond donors (Lipinski definition) is 0. The second-order valence-electron chi connectivity index (χ2n) is 4.02. The van der Waals surface area contributed by atoms with Crippen LogP contribution in [0.5, 0.6) is 5.75 Å². The van der Waals surface area contributed by atoms with Gasteiger partial charge in [-0.25, -0.2) is 4.79 Å². The van der Waals surface area contributed by atoms with E-state index < -0.39 is 0 Å². The highest BCUT2D eigenvalue weighted by molar-refractivity contribution is 5.90. The SMILES string of the molecule is CCN(CC)C(=O)Oc1cccc2ccccc12. The van der Waals surface area contributed by atoms with Gasteiger partial charge in [0.1, 0.15) is 5.75 Å². The molecule has 0 bridgehead atoms. The third-order valence-electron chi connectivity index (χ3n) is 2.97. The van der Waals surface area contributed by atoms with Crippen molar-refractivity contribution >= 4 is 16.9 Å². The molecule has 2 rings (SSSR count). The minimum atomic E-state index is -0.295. The van der Waals surface area contributed by atoms with Crippen LogP contribution in [0.4, 0.5) is 4.79 Å². The molecule has 0 heterocycles. The third kappa shape index (κ3) is 2.45. The summed E-state index contributed by atoms with van der Waals surface area (Å²) >= 11 is 0. The van der Waals surface area contributed by atoms with Crippen molar-refractivity contribution in [2.45, 2.75) is 13.8 Å². The first kappa shape index (κ1) is 12.4. The van der Waals surface area contributed by atoms with Gasteiger partial charge in [0, 0.05) is 18.5 Å². The van der Waals surface area contributed by atoms with E-state index in [4.69, 9.17) is 4.74 Å². The van der Waals surface area contributed by atoms with Gasteiger partial charge < -0.3 is 9.64 Å². The van der Waals surface area contributed by atoms with E-state index in [-0.39, 0.29) is 6.09 Å². The molecule has 0 radical (unpaired) electrons. The molecule has 1 amide bonds. The van der Waals surface area contributed by atoms with E-state index in [2.05, 4.69) is 0 Å². The lowest BCUT2D eigenvalue weighted by Crippen LogP contribution is -2.33. The molecule has 2 aromatic rings. The number of benzene rings is 2. The standard InChI is InChI=1S/C15H17NO2/c1-3-16(4-2)15(17)18-14-11-7-9-12-8-5-6-10-13(12)14/h5-11H,3-4H2,1-2H3. The molecule has 18 heavy (non-hydrogen) atoms. The van der Waals surface area contributed by atoms with Crippen LogP contribution in [0.15, 0.2) is 42.5 Å². The summed E-state index contributed by atoms with van der Waals surface area (Å²) in [5.74, 6) is 0.616. The fourth-order valence-electron chi connectivity index (χ4n) is 1.93. The highest BCUT2D eigenvalue weighted by atomic mass is 16.6. The van der Waals surface area contributed by atoms with Crippen LogP contribution >= 0.6 is 0 Å². The topological polar surface area (TPSA) is 29.5 Å². The number of hydrogen-bond acceptors (Lipinski definition) is 2. The van der Waals surface area contributed by atoms with Gasteiger partial charge in [-0.3, -0.25) is 0 Å². The van der Waals surface area contributed by atoms with E-state index in [0.717, 1.165) is 10.8 Å². The Morgan fingerprint density at radius 2 is 1.72 bits per heavy atom. The average molecular weight is 243 g/mol. The second-order valence-corrected chi connectivity index (χ2v) is 4.02. The minimum absolute atomic E-state index is 0.295. The molecule has 0 saturated carbocycles. The summed E-state index contributed by atoms with van der Waals surface area (Å²) in [6, 6.07) is 13.6. The second kappa shape index (κ2) is 5.54. The molecule has 0 aliphatic carbocycles. The number of rotatable bonds is 3. The first-order valence-corrected chi connectivity index (χ1v) is 6.20. The molecule has 3 heteroatoms. The van der Waals surface area contributed by atoms with E-state index in [1.54, 1.807) is 4.90 Å². The van der Waals surface area contributed by atoms with Crippen molar-refractivity contribution in [3.8, 4) is 5.75 Å². The van der Waals surface area contributed by atoms with Gasteiger partial charge in [0.15, 0.2) is 0 Å². The van der Waals surface area contributed by atoms with Crippen LogP contribution < -0.4 is 4.74 Å². The summed E-state index contributed by atoms with van der Waals surface area (Å²) in [5.41, 5.74) is 0. The normalized spacial score (nSPS) is 10.3. The number of ether oxygens (including phenoxy) is 1. The molecule has 2 aromatic carbocycles. The lowest BCUT2D eigenvalue weighted by atomic mass is 10.1. The molecule has 0 unspecified atom stereocenters. The summed E-state index contributed by atoms with van der Waals surface area (Å²) < 4.78 is 5.46. The van der Waals surface area contributed by atoms with Gasteiger partial charge in [0.05, 0.1) is 0 Å². The van der Waals surface area contributed by atoms with Crippen LogP contribution in [0.2, 0.25) is 0 Å². The molecular formula is C15H17NO2. The first-order valence-electron chi connectivity index (χ1n) is 6.20. The van der Waals surface area contributed by atoms with Crippen molar-refractivity contribution < 1.29 is 9.53 Å². The predicted molar refractivity (Wildman–Crippen MR) is 72.9 cm³/mol. The quantitative estimate of drug-likeness (QED) is 0.823. The predicted octanol–water partition coefficient (Wildman–Crippen LogP) is 3.68. The van der Waals surface area contributed by atoms with Crippen LogP contribution in [0, 0.1) is 0 Å². The van der Waals surface area contributed by atoms with Gasteiger partial charge >= 0.3 is 6.09 Å². The summed E-state index contributed by atoms with van der Waals surface area (Å²) in [6.07, 6.45) is -0.295. The van der Waals surface area contributed by atoms with E-state index in [9.17, 15) is 4.79 Å². The molecule has 0 aliphatic rings. The summed E-state index contributed by atoms with van der Waals surface area (Å²) in [6.45, 7) is 5.18. The zero-order valence-electron chi connectivity index (χ0n) is 10.7. The Kier molecular flexibility index (Phi) is 3.82. The van der Waals surface area contributed by atoms with Gasteiger partial charge in [-0.2, -0.15) is 0 Å². The Balaban J connectivity index is 2.29. The van der Waals surface area contributed by atoms with Crippen LogP contribution in [-0.4, -0.2) is 24.1 Å². The number of fused-ring (bicyclic) bond motifs is 1. The lowest BCUT2D eigenvalue weighted by molar-refractivity contribution is 0.158. The van der Waals surface area contributed by atoms with Crippen LogP contribution in [-0.2, 0) is 0 Å². The van der Waals surface area contributed by atoms with Crippen molar-refractivity contribution in [2.75, 3.05) is 13.1 Å². The Bertz CT molecular complexity index is 542. The van der Waals surface area contributed by atoms with E-state index in [1.165, 1.54) is 0 Å². The minimum Gasteiger partial charge on any atom is -0.410 e. The fraction of sp³-hybridized carbons (Fsp3) is 0.267. The molecule has 0 aliphatic heterocycles. The highest BCUT2D eigenvalue weighted by Gasteiger charge is 2.13. The fourth-order valence-corrected chi connectivity index (χ4v) is 1.93. The van der Waals surface area contributed by atoms with E-state index >= 15 is 0 Å². The van der Waals surface area contributed by atoms with Crippen molar-refractivity contribution in [2.24, 2.45) is 0 Å². The van der Waals surface area contributed by atoms with Gasteiger partial charge in [-0.1, -0.05) is 36.4 Å². The molecule has 0 aromatic heterocycles. The zero-order chi connectivity index (χ0) is 13.0. The lowest BCUT2D eigenvalue weighted by Gasteiger charge is -2.18. The highest BCUT2D eigenvalue weighted by Crippen LogP contribution is 2.25. The Labute approximate surface area is 107 Å². The van der Waals surface area contributed by atoms with E-state index in [0.29, 0.717) is 18.8 Å². The smallest absolute Gasteiger partial charge is 0.410 e. The zero-order valence-corrected chi connectivity index (χ0v) is 10.7. The van der Waals surface area contributed by atoms with Crippen molar-refractivity contribution in [3.05, 3.63) is 42.5 Å². The Morgan fingerprint density at radius 3 is 2.44 bits per heavy atom. The van der Waals surface area contributed by atoms with Crippen molar-refractivity contribution in [1.29, 1.82) is 0 Å². The van der Waals surface area contributed by atoms with Crippen LogP contribution in [0.25, 0.3) is 10.8 Å². The molecule has 0 fully saturated rings. The van der Waals surface area contributed by atoms with Crippen molar-refractivity contribution in [3.63, 3.8) is 0 Å². The van der Waals surface area contributed by atoms with Crippen molar-refractivity contribution in [1.82, 2.24) is 4.90 Å². The molecule has 0 N–H and O–H groups in total. The summed E-state index contributed by atoms with van der Waals surface area (Å²) in [5, 5.41) is 2.03. The van der Waals surface area contributed by atoms with E-state index in [1.807, 2.05) is 56.3 Å². The summed E-state index contributed by atoms with van der Waals surface area (Å²) in [4.78, 5) is 13.6. The Morgan fingerprint density at radius 1 is 1.06 bits per heavy atom. The van der Waals surface area contributed by atoms with Gasteiger partial charge in [0.2, 0.25) is 0 Å². The number of carbonyl (C=O) groups excluding carboxylic acids is 1. The largest absolute Gasteiger partial charge is 0.415 e. The number of carbonyl (C=O) groups is 1. The number of nitrogens with zero attached hydrogens (tertiary/aromatic N) is 1. The molecule has 3 nitrogen and oxygen atoms in total. The third-order valence-corrected chi connectivity index (χ3v) is 2.97. The maximum atomic E-state index is 11.9. The Hall–Kier alpha value is -2.03. The summed E-state index contributed by atoms with van der Waals surface area (Å²) in [7, 11) is 0. The molecule has 0 atom stereocenters. The van der Waals surface area contributed by atoms with Gasteiger partial charge in [-0.15, -0.1) is 0 Å². The first-order chi connectivity index (χ1) is 8.76. The van der Waals surface area contributed by atoms with Gasteiger partial charge in [-0.05, 0) is 25.3 Å². The van der Waals surface area contributed by atoms with Gasteiger partial charge in [0.25, 0.3) is 0 Å². The number of amides is 1. The van der Waals surface area contributed by atoms with Crippen LogP contribution in [0.3, 0.4) is 0 Å². The maximum absolute atomic E-state index is 11.9. The monoisotopic (exact) mass is 243 g/mol. The average Bonchev–Trinajstić information content (AvgIpc) is 2.40. The maximum Gasteiger partial charge on any atom is 0.415 e. The molecular weight excluding hydrogens is 226 g/mol. The molecule has 0 saturated heterocycles. The molecule has 0 spiro atoms.